The van der Waals surface area contributed by atoms with Gasteiger partial charge in [-0.25, -0.2) is 0 Å². The molecule has 0 aliphatic carbocycles. The minimum absolute atomic E-state index is 0.130. The first-order valence-corrected chi connectivity index (χ1v) is 6.46. The standard InChI is InChI=1S/C11H12BrNOS/c1-3-10(12)11(14)13-8-4-6-9(15-2)7-5-8/h3-7H,1-2H3,(H,13,14). The fraction of sp³-hybridized carbons (Fsp3) is 0.182. The highest BCUT2D eigenvalue weighted by Gasteiger charge is 2.04. The van der Waals surface area contributed by atoms with Gasteiger partial charge in [0.2, 0.25) is 0 Å². The minimum Gasteiger partial charge on any atom is -0.322 e. The van der Waals surface area contributed by atoms with Crippen LogP contribution in [0.15, 0.2) is 39.7 Å². The number of carbonyl (C=O) groups is 1. The zero-order valence-corrected chi connectivity index (χ0v) is 11.0. The SMILES string of the molecule is CC=C(Br)C(=O)Nc1ccc(SC)cc1. The van der Waals surface area contributed by atoms with E-state index in [0.29, 0.717) is 4.48 Å². The van der Waals surface area contributed by atoms with Crippen LogP contribution >= 0.6 is 27.7 Å². The molecule has 0 aliphatic heterocycles. The Labute approximate surface area is 102 Å². The normalized spacial score (nSPS) is 11.3. The van der Waals surface area contributed by atoms with E-state index >= 15 is 0 Å². The highest BCUT2D eigenvalue weighted by Crippen LogP contribution is 2.18. The molecule has 0 bridgehead atoms. The number of rotatable bonds is 3. The summed E-state index contributed by atoms with van der Waals surface area (Å²) in [5.74, 6) is -0.130. The van der Waals surface area contributed by atoms with Crippen LogP contribution in [0.25, 0.3) is 0 Å². The number of allylic oxidation sites excluding steroid dienone is 1. The van der Waals surface area contributed by atoms with Gasteiger partial charge in [0, 0.05) is 10.6 Å². The Hall–Kier alpha value is -0.740. The molecule has 1 rings (SSSR count). The summed E-state index contributed by atoms with van der Waals surface area (Å²) in [7, 11) is 0. The van der Waals surface area contributed by atoms with Gasteiger partial charge in [0.1, 0.15) is 0 Å². The van der Waals surface area contributed by atoms with Crippen LogP contribution in [0, 0.1) is 0 Å². The molecule has 0 saturated heterocycles. The average Bonchev–Trinajstić information content (AvgIpc) is 2.29. The van der Waals surface area contributed by atoms with Gasteiger partial charge in [0.15, 0.2) is 0 Å². The average molecular weight is 286 g/mol. The van der Waals surface area contributed by atoms with Crippen molar-refractivity contribution in [1.29, 1.82) is 0 Å². The van der Waals surface area contributed by atoms with Crippen LogP contribution in [-0.4, -0.2) is 12.2 Å². The van der Waals surface area contributed by atoms with E-state index in [1.807, 2.05) is 30.5 Å². The Bertz CT molecular complexity index is 373. The first-order valence-electron chi connectivity index (χ1n) is 4.44. The van der Waals surface area contributed by atoms with Gasteiger partial charge < -0.3 is 5.32 Å². The number of anilines is 1. The van der Waals surface area contributed by atoms with Crippen molar-refractivity contribution in [3.05, 3.63) is 34.8 Å². The van der Waals surface area contributed by atoms with Crippen molar-refractivity contribution in [1.82, 2.24) is 0 Å². The molecule has 2 nitrogen and oxygen atoms in total. The molecule has 0 radical (unpaired) electrons. The molecule has 15 heavy (non-hydrogen) atoms. The number of benzene rings is 1. The molecule has 0 atom stereocenters. The van der Waals surface area contributed by atoms with Gasteiger partial charge in [0.05, 0.1) is 4.48 Å². The maximum atomic E-state index is 11.5. The lowest BCUT2D eigenvalue weighted by Gasteiger charge is -2.04. The summed E-state index contributed by atoms with van der Waals surface area (Å²) in [6.07, 6.45) is 3.73. The number of halogens is 1. The van der Waals surface area contributed by atoms with Crippen molar-refractivity contribution < 1.29 is 4.79 Å². The second-order valence-corrected chi connectivity index (χ2v) is 4.55. The zero-order chi connectivity index (χ0) is 11.3. The number of nitrogens with one attached hydrogen (secondary N) is 1. The van der Waals surface area contributed by atoms with Crippen LogP contribution in [0.5, 0.6) is 0 Å². The molecule has 0 aliphatic rings. The molecular weight excluding hydrogens is 274 g/mol. The minimum atomic E-state index is -0.130. The summed E-state index contributed by atoms with van der Waals surface area (Å²) in [5.41, 5.74) is 0.802. The molecule has 0 saturated carbocycles. The molecule has 1 aromatic rings. The van der Waals surface area contributed by atoms with Gasteiger partial charge in [-0.3, -0.25) is 4.79 Å². The van der Waals surface area contributed by atoms with E-state index in [1.54, 1.807) is 24.8 Å². The van der Waals surface area contributed by atoms with Crippen molar-refractivity contribution in [2.24, 2.45) is 0 Å². The van der Waals surface area contributed by atoms with Crippen molar-refractivity contribution >= 4 is 39.3 Å². The van der Waals surface area contributed by atoms with Gasteiger partial charge in [-0.05, 0) is 53.4 Å². The van der Waals surface area contributed by atoms with Crippen molar-refractivity contribution in [2.75, 3.05) is 11.6 Å². The molecule has 0 spiro atoms. The highest BCUT2D eigenvalue weighted by molar-refractivity contribution is 9.12. The molecule has 0 unspecified atom stereocenters. The Morgan fingerprint density at radius 1 is 1.40 bits per heavy atom. The smallest absolute Gasteiger partial charge is 0.262 e. The van der Waals surface area contributed by atoms with E-state index < -0.39 is 0 Å². The van der Waals surface area contributed by atoms with Gasteiger partial charge in [0.25, 0.3) is 5.91 Å². The molecule has 0 fully saturated rings. The largest absolute Gasteiger partial charge is 0.322 e. The number of carbonyl (C=O) groups excluding carboxylic acids is 1. The molecule has 1 N–H and O–H groups in total. The summed E-state index contributed by atoms with van der Waals surface area (Å²) in [5, 5.41) is 2.78. The molecule has 0 aromatic heterocycles. The first kappa shape index (κ1) is 12.3. The third kappa shape index (κ3) is 3.72. The molecule has 1 aromatic carbocycles. The second kappa shape index (κ2) is 5.98. The second-order valence-electron chi connectivity index (χ2n) is 2.82. The predicted octanol–water partition coefficient (Wildman–Crippen LogP) is 3.65. The lowest BCUT2D eigenvalue weighted by atomic mass is 10.3. The monoisotopic (exact) mass is 285 g/mol. The summed E-state index contributed by atoms with van der Waals surface area (Å²) >= 11 is 4.85. The van der Waals surface area contributed by atoms with Gasteiger partial charge in [-0.2, -0.15) is 0 Å². The summed E-state index contributed by atoms with van der Waals surface area (Å²) in [4.78, 5) is 12.6. The summed E-state index contributed by atoms with van der Waals surface area (Å²) < 4.78 is 0.538. The quantitative estimate of drug-likeness (QED) is 0.679. The number of hydrogen-bond donors (Lipinski definition) is 1. The Morgan fingerprint density at radius 2 is 2.00 bits per heavy atom. The first-order chi connectivity index (χ1) is 7.17. The Morgan fingerprint density at radius 3 is 2.47 bits per heavy atom. The maximum Gasteiger partial charge on any atom is 0.262 e. The van der Waals surface area contributed by atoms with Crippen LogP contribution < -0.4 is 5.32 Å². The molecule has 0 heterocycles. The van der Waals surface area contributed by atoms with E-state index in [1.165, 1.54) is 4.90 Å². The van der Waals surface area contributed by atoms with Crippen LogP contribution in [0.4, 0.5) is 5.69 Å². The van der Waals surface area contributed by atoms with E-state index in [4.69, 9.17) is 0 Å². The number of amides is 1. The van der Waals surface area contributed by atoms with Gasteiger partial charge in [-0.1, -0.05) is 6.08 Å². The predicted molar refractivity (Wildman–Crippen MR) is 69.5 cm³/mol. The van der Waals surface area contributed by atoms with Crippen LogP contribution in [0.2, 0.25) is 0 Å². The van der Waals surface area contributed by atoms with Crippen LogP contribution in [0.1, 0.15) is 6.92 Å². The topological polar surface area (TPSA) is 29.1 Å². The number of thioether (sulfide) groups is 1. The molecular formula is C11H12BrNOS. The van der Waals surface area contributed by atoms with Crippen LogP contribution in [0.3, 0.4) is 0 Å². The molecule has 1 amide bonds. The van der Waals surface area contributed by atoms with E-state index in [0.717, 1.165) is 5.69 Å². The van der Waals surface area contributed by atoms with E-state index in [2.05, 4.69) is 21.2 Å². The van der Waals surface area contributed by atoms with Gasteiger partial charge in [-0.15, -0.1) is 11.8 Å². The summed E-state index contributed by atoms with van der Waals surface area (Å²) in [6.45, 7) is 1.81. The van der Waals surface area contributed by atoms with Crippen molar-refractivity contribution in [3.63, 3.8) is 0 Å². The fourth-order valence-corrected chi connectivity index (χ4v) is 1.50. The van der Waals surface area contributed by atoms with Crippen molar-refractivity contribution in [3.8, 4) is 0 Å². The third-order valence-corrected chi connectivity index (χ3v) is 3.38. The third-order valence-electron chi connectivity index (χ3n) is 1.82. The summed E-state index contributed by atoms with van der Waals surface area (Å²) in [6, 6.07) is 7.73. The maximum absolute atomic E-state index is 11.5. The fourth-order valence-electron chi connectivity index (χ4n) is 0.996. The lowest BCUT2D eigenvalue weighted by Crippen LogP contribution is -2.10. The van der Waals surface area contributed by atoms with Crippen molar-refractivity contribution in [2.45, 2.75) is 11.8 Å². The Balaban J connectivity index is 2.69. The van der Waals surface area contributed by atoms with E-state index in [9.17, 15) is 4.79 Å². The molecule has 4 heteroatoms. The van der Waals surface area contributed by atoms with Crippen LogP contribution in [-0.2, 0) is 4.79 Å². The zero-order valence-electron chi connectivity index (χ0n) is 8.58. The van der Waals surface area contributed by atoms with Gasteiger partial charge >= 0.3 is 0 Å². The lowest BCUT2D eigenvalue weighted by molar-refractivity contribution is -0.112. The highest BCUT2D eigenvalue weighted by atomic mass is 79.9. The van der Waals surface area contributed by atoms with E-state index in [-0.39, 0.29) is 5.91 Å². The number of hydrogen-bond acceptors (Lipinski definition) is 2. The molecule has 80 valence electrons. The Kier molecular flexibility index (Phi) is 4.91.